The van der Waals surface area contributed by atoms with Crippen LogP contribution in [0.4, 0.5) is 11.4 Å². The molecule has 0 aliphatic carbocycles. The van der Waals surface area contributed by atoms with Crippen LogP contribution < -0.4 is 15.4 Å². The fourth-order valence-electron chi connectivity index (χ4n) is 3.96. The number of carbonyl (C=O) groups is 1. The maximum absolute atomic E-state index is 12.8. The molecule has 1 saturated heterocycles. The average Bonchev–Trinajstić information content (AvgIpc) is 3.21. The molecule has 1 atom stereocenters. The highest BCUT2D eigenvalue weighted by atomic mass is 35.5. The summed E-state index contributed by atoms with van der Waals surface area (Å²) in [6, 6.07) is 7.15. The number of rotatable bonds is 6. The number of nitrogens with zero attached hydrogens (tertiary/aromatic N) is 1. The van der Waals surface area contributed by atoms with Crippen molar-refractivity contribution in [3.63, 3.8) is 0 Å². The number of benzene rings is 1. The number of hydrogen-bond acceptors (Lipinski definition) is 6. The minimum Gasteiger partial charge on any atom is -0.488 e. The summed E-state index contributed by atoms with van der Waals surface area (Å²) in [7, 11) is 0. The first kappa shape index (κ1) is 22.0. The van der Waals surface area contributed by atoms with Crippen molar-refractivity contribution in [3.05, 3.63) is 58.0 Å². The number of aromatic amines is 1. The summed E-state index contributed by atoms with van der Waals surface area (Å²) in [5, 5.41) is 7.02. The first-order chi connectivity index (χ1) is 16.1. The third-order valence-corrected chi connectivity index (χ3v) is 6.36. The van der Waals surface area contributed by atoms with E-state index in [-0.39, 0.29) is 12.0 Å². The Morgan fingerprint density at radius 1 is 1.24 bits per heavy atom. The van der Waals surface area contributed by atoms with E-state index in [2.05, 4.69) is 20.6 Å². The van der Waals surface area contributed by atoms with Gasteiger partial charge < -0.3 is 29.8 Å². The first-order valence-electron chi connectivity index (χ1n) is 10.6. The zero-order valence-electron chi connectivity index (χ0n) is 17.6. The molecule has 0 radical (unpaired) electrons. The monoisotopic (exact) mass is 488 g/mol. The molecular weight excluding hydrogens is 467 g/mol. The van der Waals surface area contributed by atoms with Gasteiger partial charge in [-0.2, -0.15) is 0 Å². The maximum Gasteiger partial charge on any atom is 0.255 e. The van der Waals surface area contributed by atoms with E-state index >= 15 is 0 Å². The van der Waals surface area contributed by atoms with Crippen LogP contribution in [0.25, 0.3) is 11.3 Å². The van der Waals surface area contributed by atoms with Crippen molar-refractivity contribution in [1.82, 2.24) is 15.3 Å². The Kier molecular flexibility index (Phi) is 6.41. The van der Waals surface area contributed by atoms with Crippen LogP contribution in [0, 0.1) is 0 Å². The Balaban J connectivity index is 1.54. The summed E-state index contributed by atoms with van der Waals surface area (Å²) in [6.45, 7) is 2.49. The standard InChI is InChI=1S/C23H22Cl2N4O4/c24-15-2-1-3-17(20(15)25)29-22-19-16(5-7-27-23(19)30)28-21(22)14-4-6-26-10-18(14)33-12-13-11-31-8-9-32-13/h1-4,6,10,13,28-29H,5,7-9,11-12H2,(H,27,30)/t13-/m0/s1. The molecule has 3 N–H and O–H groups in total. The van der Waals surface area contributed by atoms with Gasteiger partial charge in [0.25, 0.3) is 5.91 Å². The van der Waals surface area contributed by atoms with Crippen LogP contribution >= 0.6 is 23.2 Å². The number of ether oxygens (including phenoxy) is 3. The number of pyridine rings is 1. The van der Waals surface area contributed by atoms with Gasteiger partial charge in [-0.25, -0.2) is 0 Å². The third kappa shape index (κ3) is 4.52. The van der Waals surface area contributed by atoms with Crippen molar-refractivity contribution < 1.29 is 19.0 Å². The summed E-state index contributed by atoms with van der Waals surface area (Å²) >= 11 is 12.6. The Morgan fingerprint density at radius 3 is 3.00 bits per heavy atom. The van der Waals surface area contributed by atoms with Crippen LogP contribution in [0.5, 0.6) is 5.75 Å². The molecule has 2 aliphatic rings. The number of halogens is 2. The van der Waals surface area contributed by atoms with Gasteiger partial charge in [0.15, 0.2) is 0 Å². The molecule has 172 valence electrons. The van der Waals surface area contributed by atoms with Gasteiger partial charge in [-0.3, -0.25) is 9.78 Å². The van der Waals surface area contributed by atoms with E-state index in [1.54, 1.807) is 24.5 Å². The topological polar surface area (TPSA) is 97.5 Å². The highest BCUT2D eigenvalue weighted by molar-refractivity contribution is 6.43. The molecule has 10 heteroatoms. The predicted octanol–water partition coefficient (Wildman–Crippen LogP) is 4.21. The lowest BCUT2D eigenvalue weighted by molar-refractivity contribution is -0.101. The second-order valence-electron chi connectivity index (χ2n) is 7.71. The van der Waals surface area contributed by atoms with Crippen molar-refractivity contribution in [2.45, 2.75) is 12.5 Å². The molecule has 1 aromatic carbocycles. The normalized spacial score (nSPS) is 17.9. The summed E-state index contributed by atoms with van der Waals surface area (Å²) in [4.78, 5) is 20.4. The van der Waals surface area contributed by atoms with Crippen LogP contribution in [0.3, 0.4) is 0 Å². The second-order valence-corrected chi connectivity index (χ2v) is 8.50. The highest BCUT2D eigenvalue weighted by Gasteiger charge is 2.29. The van der Waals surface area contributed by atoms with Gasteiger partial charge in [0.05, 0.1) is 58.7 Å². The first-order valence-corrected chi connectivity index (χ1v) is 11.4. The molecule has 5 rings (SSSR count). The van der Waals surface area contributed by atoms with Crippen LogP contribution in [-0.2, 0) is 15.9 Å². The molecule has 8 nitrogen and oxygen atoms in total. The van der Waals surface area contributed by atoms with E-state index in [0.717, 1.165) is 11.3 Å². The molecular formula is C23H22Cl2N4O4. The maximum atomic E-state index is 12.8. The molecule has 0 spiro atoms. The molecule has 33 heavy (non-hydrogen) atoms. The number of carbonyl (C=O) groups excluding carboxylic acids is 1. The Labute approximate surface area is 200 Å². The van der Waals surface area contributed by atoms with Gasteiger partial charge in [0.1, 0.15) is 18.5 Å². The zero-order valence-corrected chi connectivity index (χ0v) is 19.1. The molecule has 0 saturated carbocycles. The quantitative estimate of drug-likeness (QED) is 0.480. The predicted molar refractivity (Wildman–Crippen MR) is 126 cm³/mol. The summed E-state index contributed by atoms with van der Waals surface area (Å²) in [5.41, 5.74) is 4.02. The molecule has 0 unspecified atom stereocenters. The fraction of sp³-hybridized carbons (Fsp3) is 0.304. The van der Waals surface area contributed by atoms with E-state index in [1.165, 1.54) is 0 Å². The number of aromatic nitrogens is 2. The number of amides is 1. The van der Waals surface area contributed by atoms with E-state index in [0.29, 0.717) is 77.8 Å². The number of H-pyrrole nitrogens is 1. The summed E-state index contributed by atoms with van der Waals surface area (Å²) in [6.07, 6.45) is 3.85. The van der Waals surface area contributed by atoms with Gasteiger partial charge in [0.2, 0.25) is 0 Å². The van der Waals surface area contributed by atoms with Gasteiger partial charge in [0, 0.05) is 30.4 Å². The molecule has 2 aromatic heterocycles. The molecule has 4 heterocycles. The van der Waals surface area contributed by atoms with Crippen molar-refractivity contribution in [2.24, 2.45) is 0 Å². The summed E-state index contributed by atoms with van der Waals surface area (Å²) < 4.78 is 17.2. The zero-order chi connectivity index (χ0) is 22.8. The van der Waals surface area contributed by atoms with E-state index in [4.69, 9.17) is 37.4 Å². The van der Waals surface area contributed by atoms with Gasteiger partial charge in [-0.05, 0) is 18.2 Å². The number of nitrogens with one attached hydrogen (secondary N) is 3. The molecule has 3 aromatic rings. The number of hydrogen-bond donors (Lipinski definition) is 3. The van der Waals surface area contributed by atoms with Crippen LogP contribution in [0.2, 0.25) is 10.0 Å². The third-order valence-electron chi connectivity index (χ3n) is 5.54. The molecule has 1 amide bonds. The van der Waals surface area contributed by atoms with E-state index in [1.807, 2.05) is 12.1 Å². The lowest BCUT2D eigenvalue weighted by Crippen LogP contribution is -2.33. The molecule has 2 aliphatic heterocycles. The van der Waals surface area contributed by atoms with Crippen LogP contribution in [0.15, 0.2) is 36.7 Å². The van der Waals surface area contributed by atoms with Gasteiger partial charge in [-0.15, -0.1) is 0 Å². The Hall–Kier alpha value is -2.78. The van der Waals surface area contributed by atoms with Crippen molar-refractivity contribution >= 4 is 40.5 Å². The fourth-order valence-corrected chi connectivity index (χ4v) is 4.31. The minimum atomic E-state index is -0.163. The molecule has 0 bridgehead atoms. The number of fused-ring (bicyclic) bond motifs is 1. The Bertz CT molecular complexity index is 1180. The minimum absolute atomic E-state index is 0.155. The molecule has 1 fully saturated rings. The van der Waals surface area contributed by atoms with E-state index < -0.39 is 0 Å². The van der Waals surface area contributed by atoms with Crippen molar-refractivity contribution in [2.75, 3.05) is 38.3 Å². The smallest absolute Gasteiger partial charge is 0.255 e. The lowest BCUT2D eigenvalue weighted by atomic mass is 10.0. The number of anilines is 2. The second kappa shape index (κ2) is 9.61. The highest BCUT2D eigenvalue weighted by Crippen LogP contribution is 2.42. The lowest BCUT2D eigenvalue weighted by Gasteiger charge is -2.23. The van der Waals surface area contributed by atoms with Gasteiger partial charge in [-0.1, -0.05) is 29.3 Å². The van der Waals surface area contributed by atoms with Crippen LogP contribution in [-0.4, -0.2) is 55.0 Å². The van der Waals surface area contributed by atoms with Crippen LogP contribution in [0.1, 0.15) is 16.1 Å². The van der Waals surface area contributed by atoms with Crippen molar-refractivity contribution in [3.8, 4) is 17.0 Å². The van der Waals surface area contributed by atoms with Crippen molar-refractivity contribution in [1.29, 1.82) is 0 Å². The van der Waals surface area contributed by atoms with Gasteiger partial charge >= 0.3 is 0 Å². The van der Waals surface area contributed by atoms with E-state index in [9.17, 15) is 4.79 Å². The largest absolute Gasteiger partial charge is 0.488 e. The SMILES string of the molecule is O=C1NCCc2[nH]c(-c3ccncc3OC[C@@H]3COCCO3)c(Nc3cccc(Cl)c3Cl)c21. The average molecular weight is 489 g/mol. The summed E-state index contributed by atoms with van der Waals surface area (Å²) in [5.74, 6) is 0.398. The Morgan fingerprint density at radius 2 is 2.15 bits per heavy atom.